The summed E-state index contributed by atoms with van der Waals surface area (Å²) in [5.41, 5.74) is 0.808. The van der Waals surface area contributed by atoms with Gasteiger partial charge in [-0.05, 0) is 6.07 Å². The van der Waals surface area contributed by atoms with Gasteiger partial charge in [-0.1, -0.05) is 12.7 Å². The fraction of sp³-hybridized carbons (Fsp3) is 0. The SMILES string of the molecule is C=Cc1cc[nH]c1C(=O)O.[W]. The zero-order valence-corrected chi connectivity index (χ0v) is 8.64. The second kappa shape index (κ2) is 4.14. The summed E-state index contributed by atoms with van der Waals surface area (Å²) in [6.45, 7) is 3.46. The quantitative estimate of drug-likeness (QED) is 0.864. The van der Waals surface area contributed by atoms with Gasteiger partial charge in [0.2, 0.25) is 0 Å². The van der Waals surface area contributed by atoms with E-state index in [0.717, 1.165) is 0 Å². The van der Waals surface area contributed by atoms with Crippen molar-refractivity contribution < 1.29 is 31.0 Å². The van der Waals surface area contributed by atoms with Crippen molar-refractivity contribution in [3.63, 3.8) is 0 Å². The number of hydrogen-bond donors (Lipinski definition) is 2. The molecular weight excluding hydrogens is 314 g/mol. The third kappa shape index (κ3) is 2.05. The van der Waals surface area contributed by atoms with Gasteiger partial charge < -0.3 is 10.1 Å². The van der Waals surface area contributed by atoms with Crippen molar-refractivity contribution in [2.45, 2.75) is 0 Å². The zero-order chi connectivity index (χ0) is 7.56. The van der Waals surface area contributed by atoms with E-state index in [4.69, 9.17) is 5.11 Å². The smallest absolute Gasteiger partial charge is 0.352 e. The first kappa shape index (κ1) is 10.2. The molecule has 0 radical (unpaired) electrons. The summed E-state index contributed by atoms with van der Waals surface area (Å²) < 4.78 is 0. The maximum atomic E-state index is 10.4. The molecule has 0 aliphatic rings. The minimum absolute atomic E-state index is 0. The van der Waals surface area contributed by atoms with Crippen LogP contribution in [0.4, 0.5) is 0 Å². The number of carbonyl (C=O) groups is 1. The summed E-state index contributed by atoms with van der Waals surface area (Å²) in [6.07, 6.45) is 3.07. The summed E-state index contributed by atoms with van der Waals surface area (Å²) in [7, 11) is 0. The van der Waals surface area contributed by atoms with Gasteiger partial charge in [0.05, 0.1) is 0 Å². The normalized spacial score (nSPS) is 8.36. The summed E-state index contributed by atoms with van der Waals surface area (Å²) in [5.74, 6) is -0.958. The van der Waals surface area contributed by atoms with Crippen LogP contribution in [0.3, 0.4) is 0 Å². The van der Waals surface area contributed by atoms with Crippen molar-refractivity contribution in [1.82, 2.24) is 4.98 Å². The zero-order valence-electron chi connectivity index (χ0n) is 5.70. The van der Waals surface area contributed by atoms with Gasteiger partial charge in [-0.2, -0.15) is 0 Å². The minimum Gasteiger partial charge on any atom is -0.477 e. The molecule has 0 fully saturated rings. The maximum Gasteiger partial charge on any atom is 0.352 e. The van der Waals surface area contributed by atoms with Gasteiger partial charge in [-0.3, -0.25) is 0 Å². The molecule has 0 aliphatic heterocycles. The number of carboxylic acids is 1. The van der Waals surface area contributed by atoms with Gasteiger partial charge in [0.15, 0.2) is 0 Å². The Morgan fingerprint density at radius 3 is 2.73 bits per heavy atom. The van der Waals surface area contributed by atoms with Crippen LogP contribution in [0.2, 0.25) is 0 Å². The molecule has 0 aliphatic carbocycles. The second-order valence-corrected chi connectivity index (χ2v) is 1.82. The topological polar surface area (TPSA) is 53.1 Å². The van der Waals surface area contributed by atoms with Gasteiger partial charge in [0.25, 0.3) is 0 Å². The van der Waals surface area contributed by atoms with Gasteiger partial charge in [0.1, 0.15) is 5.69 Å². The maximum absolute atomic E-state index is 10.4. The summed E-state index contributed by atoms with van der Waals surface area (Å²) >= 11 is 0. The van der Waals surface area contributed by atoms with E-state index in [2.05, 4.69) is 11.6 Å². The molecule has 0 spiro atoms. The van der Waals surface area contributed by atoms with Crippen molar-refractivity contribution in [3.05, 3.63) is 30.1 Å². The number of nitrogens with one attached hydrogen (secondary N) is 1. The van der Waals surface area contributed by atoms with Crippen LogP contribution in [0.15, 0.2) is 18.8 Å². The van der Waals surface area contributed by atoms with Crippen LogP contribution < -0.4 is 0 Å². The monoisotopic (exact) mass is 321 g/mol. The number of aromatic nitrogens is 1. The molecule has 1 rings (SSSR count). The second-order valence-electron chi connectivity index (χ2n) is 1.82. The Balaban J connectivity index is 0.000001000. The standard InChI is InChI=1S/C7H7NO2.W/c1-2-5-3-4-8-6(5)7(9)10;/h2-4,8H,1H2,(H,9,10);. The fourth-order valence-electron chi connectivity index (χ4n) is 0.737. The predicted molar refractivity (Wildman–Crippen MR) is 37.8 cm³/mol. The van der Waals surface area contributed by atoms with Gasteiger partial charge in [0, 0.05) is 32.8 Å². The van der Waals surface area contributed by atoms with Crippen LogP contribution in [0.5, 0.6) is 0 Å². The number of H-pyrrole nitrogens is 1. The Hall–Kier alpha value is -0.822. The Labute approximate surface area is 78.4 Å². The number of aromatic amines is 1. The van der Waals surface area contributed by atoms with Crippen LogP contribution in [-0.2, 0) is 21.1 Å². The van der Waals surface area contributed by atoms with Gasteiger partial charge in [-0.25, -0.2) is 4.79 Å². The van der Waals surface area contributed by atoms with Crippen LogP contribution in [0, 0.1) is 0 Å². The number of carboxylic acid groups (broad SMARTS) is 1. The molecule has 4 heteroatoms. The van der Waals surface area contributed by atoms with E-state index in [0.29, 0.717) is 5.56 Å². The summed E-state index contributed by atoms with van der Waals surface area (Å²) in [5, 5.41) is 8.51. The third-order valence-corrected chi connectivity index (χ3v) is 1.21. The number of hydrogen-bond acceptors (Lipinski definition) is 1. The largest absolute Gasteiger partial charge is 0.477 e. The third-order valence-electron chi connectivity index (χ3n) is 1.21. The van der Waals surface area contributed by atoms with Gasteiger partial charge in [-0.15, -0.1) is 0 Å². The molecule has 0 saturated carbocycles. The molecule has 0 unspecified atom stereocenters. The molecule has 0 amide bonds. The summed E-state index contributed by atoms with van der Waals surface area (Å²) in [4.78, 5) is 12.9. The number of aromatic carboxylic acids is 1. The van der Waals surface area contributed by atoms with Crippen LogP contribution in [0.1, 0.15) is 16.1 Å². The van der Waals surface area contributed by atoms with Crippen LogP contribution >= 0.6 is 0 Å². The Bertz CT molecular complexity index is 267. The fourth-order valence-corrected chi connectivity index (χ4v) is 0.737. The van der Waals surface area contributed by atoms with Crippen molar-refractivity contribution in [2.24, 2.45) is 0 Å². The van der Waals surface area contributed by atoms with E-state index in [9.17, 15) is 4.79 Å². The average molecular weight is 321 g/mol. The number of rotatable bonds is 2. The molecule has 3 nitrogen and oxygen atoms in total. The van der Waals surface area contributed by atoms with E-state index >= 15 is 0 Å². The Kier molecular flexibility index (Phi) is 3.83. The van der Waals surface area contributed by atoms with Crippen LogP contribution in [0.25, 0.3) is 6.08 Å². The molecule has 0 aromatic carbocycles. The van der Waals surface area contributed by atoms with Crippen LogP contribution in [-0.4, -0.2) is 16.1 Å². The Morgan fingerprint density at radius 1 is 1.73 bits per heavy atom. The van der Waals surface area contributed by atoms with Crippen molar-refractivity contribution >= 4 is 12.0 Å². The van der Waals surface area contributed by atoms with Gasteiger partial charge >= 0.3 is 5.97 Å². The first-order valence-corrected chi connectivity index (χ1v) is 2.79. The summed E-state index contributed by atoms with van der Waals surface area (Å²) in [6, 6.07) is 1.66. The molecule has 1 heterocycles. The van der Waals surface area contributed by atoms with E-state index in [1.165, 1.54) is 6.08 Å². The van der Waals surface area contributed by atoms with Crippen molar-refractivity contribution in [1.29, 1.82) is 0 Å². The van der Waals surface area contributed by atoms with E-state index in [1.54, 1.807) is 12.3 Å². The first-order valence-electron chi connectivity index (χ1n) is 2.79. The average Bonchev–Trinajstić information content (AvgIpc) is 2.33. The van der Waals surface area contributed by atoms with E-state index in [-0.39, 0.29) is 26.8 Å². The van der Waals surface area contributed by atoms with Crippen molar-refractivity contribution in [3.8, 4) is 0 Å². The predicted octanol–water partition coefficient (Wildman–Crippen LogP) is 1.35. The minimum atomic E-state index is -0.958. The van der Waals surface area contributed by atoms with E-state index in [1.807, 2.05) is 0 Å². The molecule has 0 bridgehead atoms. The molecule has 0 saturated heterocycles. The first-order chi connectivity index (χ1) is 4.75. The molecular formula is C7H7NO2W. The molecule has 0 atom stereocenters. The van der Waals surface area contributed by atoms with Crippen molar-refractivity contribution in [2.75, 3.05) is 0 Å². The molecule has 1 aromatic rings. The molecule has 58 valence electrons. The molecule has 2 N–H and O–H groups in total. The Morgan fingerprint density at radius 2 is 2.36 bits per heavy atom. The molecule has 1 aromatic heterocycles. The molecule has 11 heavy (non-hydrogen) atoms. The van der Waals surface area contributed by atoms with E-state index < -0.39 is 5.97 Å².